The second-order valence-corrected chi connectivity index (χ2v) is 5.66. The van der Waals surface area contributed by atoms with Crippen LogP contribution in [0.25, 0.3) is 0 Å². The molecule has 0 bridgehead atoms. The molecule has 0 spiro atoms. The first-order valence-electron chi connectivity index (χ1n) is 6.40. The Hall–Kier alpha value is -0.910. The van der Waals surface area contributed by atoms with Crippen LogP contribution in [-0.2, 0) is 11.3 Å². The van der Waals surface area contributed by atoms with E-state index in [4.69, 9.17) is 5.73 Å². The minimum Gasteiger partial charge on any atom is -0.340 e. The number of nitrogens with two attached hydrogens (primary N) is 1. The summed E-state index contributed by atoms with van der Waals surface area (Å²) in [4.78, 5) is 16.1. The van der Waals surface area contributed by atoms with Crippen molar-refractivity contribution in [3.63, 3.8) is 0 Å². The van der Waals surface area contributed by atoms with E-state index in [0.717, 1.165) is 19.4 Å². The highest BCUT2D eigenvalue weighted by Gasteiger charge is 2.25. The third kappa shape index (κ3) is 3.31. The Morgan fingerprint density at radius 1 is 1.67 bits per heavy atom. The van der Waals surface area contributed by atoms with Gasteiger partial charge < -0.3 is 10.6 Å². The monoisotopic (exact) mass is 267 g/mol. The highest BCUT2D eigenvalue weighted by molar-refractivity contribution is 7.07. The molecule has 0 radical (unpaired) electrons. The number of thiophene rings is 1. The van der Waals surface area contributed by atoms with Gasteiger partial charge in [0, 0.05) is 26.2 Å². The van der Waals surface area contributed by atoms with Crippen LogP contribution in [0.3, 0.4) is 0 Å². The van der Waals surface area contributed by atoms with Crippen LogP contribution in [0, 0.1) is 0 Å². The molecule has 0 aliphatic carbocycles. The van der Waals surface area contributed by atoms with Gasteiger partial charge in [0.25, 0.3) is 0 Å². The van der Waals surface area contributed by atoms with Crippen molar-refractivity contribution < 1.29 is 4.79 Å². The van der Waals surface area contributed by atoms with Crippen molar-refractivity contribution in [3.8, 4) is 0 Å². The van der Waals surface area contributed by atoms with Crippen molar-refractivity contribution >= 4 is 17.2 Å². The largest absolute Gasteiger partial charge is 0.340 e. The maximum Gasteiger partial charge on any atom is 0.236 e. The van der Waals surface area contributed by atoms with E-state index < -0.39 is 0 Å². The zero-order valence-electron chi connectivity index (χ0n) is 10.8. The Bertz CT molecular complexity index is 380. The third-order valence-corrected chi connectivity index (χ3v) is 4.27. The van der Waals surface area contributed by atoms with Gasteiger partial charge in [-0.2, -0.15) is 11.3 Å². The van der Waals surface area contributed by atoms with Gasteiger partial charge in [0.1, 0.15) is 0 Å². The van der Waals surface area contributed by atoms with E-state index in [0.29, 0.717) is 25.7 Å². The number of carbonyl (C=O) groups excluding carboxylic acids is 1. The molecule has 1 aromatic rings. The van der Waals surface area contributed by atoms with Crippen LogP contribution in [0.2, 0.25) is 0 Å². The molecular weight excluding hydrogens is 246 g/mol. The lowest BCUT2D eigenvalue weighted by molar-refractivity contribution is -0.131. The number of carbonyl (C=O) groups is 1. The average Bonchev–Trinajstić information content (AvgIpc) is 2.99. The van der Waals surface area contributed by atoms with Crippen LogP contribution in [0.5, 0.6) is 0 Å². The fraction of sp³-hybridized carbons (Fsp3) is 0.615. The molecular formula is C13H21N3OS. The van der Waals surface area contributed by atoms with Crippen LogP contribution >= 0.6 is 11.3 Å². The summed E-state index contributed by atoms with van der Waals surface area (Å²) in [6, 6.07) is 2.45. The molecule has 100 valence electrons. The maximum atomic E-state index is 12.1. The molecule has 0 aromatic carbocycles. The van der Waals surface area contributed by atoms with Gasteiger partial charge in [-0.25, -0.2) is 0 Å². The van der Waals surface area contributed by atoms with Gasteiger partial charge in [-0.3, -0.25) is 9.69 Å². The van der Waals surface area contributed by atoms with Gasteiger partial charge >= 0.3 is 0 Å². The lowest BCUT2D eigenvalue weighted by Crippen LogP contribution is -2.42. The summed E-state index contributed by atoms with van der Waals surface area (Å²) in [5.41, 5.74) is 6.92. The predicted molar refractivity (Wildman–Crippen MR) is 74.4 cm³/mol. The fourth-order valence-electron chi connectivity index (χ4n) is 2.41. The highest BCUT2D eigenvalue weighted by Crippen LogP contribution is 2.16. The van der Waals surface area contributed by atoms with Crippen LogP contribution in [-0.4, -0.2) is 48.4 Å². The summed E-state index contributed by atoms with van der Waals surface area (Å²) >= 11 is 1.67. The minimum absolute atomic E-state index is 0.182. The summed E-state index contributed by atoms with van der Waals surface area (Å²) < 4.78 is 0. The molecule has 4 nitrogen and oxygen atoms in total. The van der Waals surface area contributed by atoms with E-state index in [-0.39, 0.29) is 5.91 Å². The summed E-state index contributed by atoms with van der Waals surface area (Å²) in [5.74, 6) is 0.182. The zero-order valence-corrected chi connectivity index (χ0v) is 11.7. The molecule has 5 heteroatoms. The van der Waals surface area contributed by atoms with Gasteiger partial charge in [-0.15, -0.1) is 0 Å². The molecule has 1 aliphatic heterocycles. The van der Waals surface area contributed by atoms with Crippen molar-refractivity contribution in [3.05, 3.63) is 22.4 Å². The maximum absolute atomic E-state index is 12.1. The topological polar surface area (TPSA) is 49.6 Å². The fourth-order valence-corrected chi connectivity index (χ4v) is 3.07. The quantitative estimate of drug-likeness (QED) is 0.870. The van der Waals surface area contributed by atoms with Crippen molar-refractivity contribution in [2.75, 3.05) is 26.7 Å². The minimum atomic E-state index is 0.182. The third-order valence-electron chi connectivity index (χ3n) is 3.54. The molecule has 18 heavy (non-hydrogen) atoms. The molecule has 1 fully saturated rings. The van der Waals surface area contributed by atoms with Gasteiger partial charge in [-0.1, -0.05) is 0 Å². The number of likely N-dealkylation sites (tertiary alicyclic amines) is 1. The first-order valence-corrected chi connectivity index (χ1v) is 7.34. The summed E-state index contributed by atoms with van der Waals surface area (Å²) in [7, 11) is 1.87. The lowest BCUT2D eigenvalue weighted by atomic mass is 10.2. The number of nitrogens with zero attached hydrogens (tertiary/aromatic N) is 2. The van der Waals surface area contributed by atoms with E-state index >= 15 is 0 Å². The van der Waals surface area contributed by atoms with E-state index in [1.165, 1.54) is 5.56 Å². The standard InChI is InChI=1S/C13H21N3OS/c1-15(8-11-4-6-18-10-11)13(17)9-16-5-2-3-12(16)7-14/h4,6,10,12H,2-3,5,7-9,14H2,1H3. The van der Waals surface area contributed by atoms with Crippen LogP contribution in [0.1, 0.15) is 18.4 Å². The molecule has 1 saturated heterocycles. The number of hydrogen-bond acceptors (Lipinski definition) is 4. The van der Waals surface area contributed by atoms with Gasteiger partial charge in [0.15, 0.2) is 0 Å². The number of hydrogen-bond donors (Lipinski definition) is 1. The molecule has 1 aromatic heterocycles. The summed E-state index contributed by atoms with van der Waals surface area (Å²) in [6.07, 6.45) is 2.28. The molecule has 1 atom stereocenters. The first-order chi connectivity index (χ1) is 8.70. The molecule has 2 rings (SSSR count). The molecule has 1 amide bonds. The van der Waals surface area contributed by atoms with E-state index in [1.807, 2.05) is 12.4 Å². The Kier molecular flexibility index (Phi) is 4.74. The SMILES string of the molecule is CN(Cc1ccsc1)C(=O)CN1CCCC1CN. The second kappa shape index (κ2) is 6.31. The Morgan fingerprint density at radius 2 is 2.50 bits per heavy atom. The van der Waals surface area contributed by atoms with Crippen molar-refractivity contribution in [2.45, 2.75) is 25.4 Å². The van der Waals surface area contributed by atoms with Crippen molar-refractivity contribution in [1.82, 2.24) is 9.80 Å². The Morgan fingerprint density at radius 3 is 3.17 bits per heavy atom. The highest BCUT2D eigenvalue weighted by atomic mass is 32.1. The number of likely N-dealkylation sites (N-methyl/N-ethyl adjacent to an activating group) is 1. The molecule has 1 aliphatic rings. The Balaban J connectivity index is 1.83. The zero-order chi connectivity index (χ0) is 13.0. The second-order valence-electron chi connectivity index (χ2n) is 4.88. The van der Waals surface area contributed by atoms with Gasteiger partial charge in [0.05, 0.1) is 6.54 Å². The summed E-state index contributed by atoms with van der Waals surface area (Å²) in [5, 5.41) is 4.13. The summed E-state index contributed by atoms with van der Waals surface area (Å²) in [6.45, 7) is 2.85. The van der Waals surface area contributed by atoms with E-state index in [9.17, 15) is 4.79 Å². The Labute approximate surface area is 112 Å². The van der Waals surface area contributed by atoms with Gasteiger partial charge in [-0.05, 0) is 41.8 Å². The number of rotatable bonds is 5. The molecule has 1 unspecified atom stereocenters. The normalized spacial score (nSPS) is 20.2. The van der Waals surface area contributed by atoms with Crippen LogP contribution < -0.4 is 5.73 Å². The van der Waals surface area contributed by atoms with E-state index in [1.54, 1.807) is 16.2 Å². The lowest BCUT2D eigenvalue weighted by Gasteiger charge is -2.25. The van der Waals surface area contributed by atoms with Crippen LogP contribution in [0.4, 0.5) is 0 Å². The molecule has 2 N–H and O–H groups in total. The average molecular weight is 267 g/mol. The number of amides is 1. The predicted octanol–water partition coefficient (Wildman–Crippen LogP) is 1.13. The smallest absolute Gasteiger partial charge is 0.236 e. The van der Waals surface area contributed by atoms with Crippen molar-refractivity contribution in [2.24, 2.45) is 5.73 Å². The first kappa shape index (κ1) is 13.5. The molecule has 2 heterocycles. The van der Waals surface area contributed by atoms with Crippen LogP contribution in [0.15, 0.2) is 16.8 Å². The van der Waals surface area contributed by atoms with Crippen molar-refractivity contribution in [1.29, 1.82) is 0 Å². The molecule has 0 saturated carbocycles. The van der Waals surface area contributed by atoms with Gasteiger partial charge in [0.2, 0.25) is 5.91 Å². The van der Waals surface area contributed by atoms with E-state index in [2.05, 4.69) is 16.3 Å².